The number of benzene rings is 1. The van der Waals surface area contributed by atoms with E-state index in [-0.39, 0.29) is 6.61 Å². The van der Waals surface area contributed by atoms with Crippen LogP contribution < -0.4 is 10.5 Å². The van der Waals surface area contributed by atoms with Crippen molar-refractivity contribution in [1.82, 2.24) is 10.3 Å². The van der Waals surface area contributed by atoms with Gasteiger partial charge in [-0.15, -0.1) is 0 Å². The molecule has 1 aromatic carbocycles. The minimum Gasteiger partial charge on any atom is -0.483 e. The fraction of sp³-hybridized carbons (Fsp3) is 0.200. The van der Waals surface area contributed by atoms with Crippen molar-refractivity contribution in [3.8, 4) is 5.75 Å². The third-order valence-electron chi connectivity index (χ3n) is 2.10. The summed E-state index contributed by atoms with van der Waals surface area (Å²) in [7, 11) is 0. The van der Waals surface area contributed by atoms with Crippen LogP contribution in [-0.4, -0.2) is 10.3 Å². The summed E-state index contributed by atoms with van der Waals surface area (Å²) in [6.45, 7) is 2.01. The lowest BCUT2D eigenvalue weighted by atomic mass is 10.3. The highest BCUT2D eigenvalue weighted by Crippen LogP contribution is 2.31. The average molecular weight is 240 g/mol. The van der Waals surface area contributed by atoms with E-state index >= 15 is 0 Å². The quantitative estimate of drug-likeness (QED) is 0.831. The number of para-hydroxylation sites is 1. The maximum absolute atomic E-state index is 5.95. The first-order valence-electron chi connectivity index (χ1n) is 4.63. The molecule has 0 spiro atoms. The van der Waals surface area contributed by atoms with Gasteiger partial charge in [0.2, 0.25) is 0 Å². The van der Waals surface area contributed by atoms with E-state index < -0.39 is 0 Å². The largest absolute Gasteiger partial charge is 0.483 e. The molecule has 16 heavy (non-hydrogen) atoms. The molecule has 0 atom stereocenters. The van der Waals surface area contributed by atoms with Gasteiger partial charge in [0.1, 0.15) is 18.0 Å². The van der Waals surface area contributed by atoms with Crippen molar-refractivity contribution in [2.45, 2.75) is 13.5 Å². The molecule has 0 saturated heterocycles. The number of ether oxygens (including phenoxy) is 1. The van der Waals surface area contributed by atoms with E-state index in [2.05, 4.69) is 14.9 Å². The number of aromatic nitrogens is 2. The number of nitrogens with zero attached hydrogens (tertiary/aromatic N) is 2. The summed E-state index contributed by atoms with van der Waals surface area (Å²) in [5.74, 6) is 0.451. The number of hydrogen-bond acceptors (Lipinski definition) is 5. The monoisotopic (exact) mass is 239 g/mol. The number of anilines is 1. The molecule has 0 fully saturated rings. The second-order valence-corrected chi connectivity index (χ2v) is 3.65. The predicted molar refractivity (Wildman–Crippen MR) is 59.2 cm³/mol. The SMILES string of the molecule is Cc1nonc1COc1c(N)cccc1Cl. The number of hydrogen-bond donors (Lipinski definition) is 1. The van der Waals surface area contributed by atoms with E-state index in [1.54, 1.807) is 25.1 Å². The Labute approximate surface area is 97.1 Å². The molecular formula is C10H10ClN3O2. The van der Waals surface area contributed by atoms with Crippen LogP contribution in [0.4, 0.5) is 5.69 Å². The highest BCUT2D eigenvalue weighted by Gasteiger charge is 2.09. The Hall–Kier alpha value is -1.75. The second kappa shape index (κ2) is 4.40. The summed E-state index contributed by atoms with van der Waals surface area (Å²) < 4.78 is 10.0. The Morgan fingerprint density at radius 3 is 2.88 bits per heavy atom. The van der Waals surface area contributed by atoms with Gasteiger partial charge in [-0.2, -0.15) is 0 Å². The summed E-state index contributed by atoms with van der Waals surface area (Å²) in [6, 6.07) is 5.18. The lowest BCUT2D eigenvalue weighted by Crippen LogP contribution is -2.00. The number of halogens is 1. The van der Waals surface area contributed by atoms with E-state index in [1.165, 1.54) is 0 Å². The summed E-state index contributed by atoms with van der Waals surface area (Å²) in [5.41, 5.74) is 7.53. The van der Waals surface area contributed by atoms with Gasteiger partial charge in [0, 0.05) is 0 Å². The van der Waals surface area contributed by atoms with Crippen LogP contribution >= 0.6 is 11.6 Å². The predicted octanol–water partition coefficient (Wildman–Crippen LogP) is 2.19. The maximum atomic E-state index is 5.95. The fourth-order valence-electron chi connectivity index (χ4n) is 1.20. The Morgan fingerprint density at radius 2 is 2.25 bits per heavy atom. The van der Waals surface area contributed by atoms with E-state index in [0.717, 1.165) is 0 Å². The molecule has 0 unspecified atom stereocenters. The molecule has 0 aliphatic heterocycles. The third kappa shape index (κ3) is 2.09. The van der Waals surface area contributed by atoms with Crippen LogP contribution in [0, 0.1) is 6.92 Å². The van der Waals surface area contributed by atoms with Gasteiger partial charge in [-0.3, -0.25) is 0 Å². The van der Waals surface area contributed by atoms with Gasteiger partial charge in [0.25, 0.3) is 0 Å². The van der Waals surface area contributed by atoms with Crippen LogP contribution in [0.25, 0.3) is 0 Å². The van der Waals surface area contributed by atoms with E-state index in [9.17, 15) is 0 Å². The minimum atomic E-state index is 0.225. The van der Waals surface area contributed by atoms with Crippen LogP contribution in [0.1, 0.15) is 11.4 Å². The lowest BCUT2D eigenvalue weighted by Gasteiger charge is -2.08. The topological polar surface area (TPSA) is 74.2 Å². The van der Waals surface area contributed by atoms with Crippen molar-refractivity contribution in [3.05, 3.63) is 34.6 Å². The third-order valence-corrected chi connectivity index (χ3v) is 2.39. The Morgan fingerprint density at radius 1 is 1.44 bits per heavy atom. The second-order valence-electron chi connectivity index (χ2n) is 3.24. The van der Waals surface area contributed by atoms with Crippen LogP contribution in [0.2, 0.25) is 5.02 Å². The van der Waals surface area contributed by atoms with E-state index in [0.29, 0.717) is 27.8 Å². The molecular weight excluding hydrogens is 230 g/mol. The first-order valence-corrected chi connectivity index (χ1v) is 5.01. The lowest BCUT2D eigenvalue weighted by molar-refractivity contribution is 0.271. The van der Waals surface area contributed by atoms with Crippen molar-refractivity contribution in [2.75, 3.05) is 5.73 Å². The highest BCUT2D eigenvalue weighted by molar-refractivity contribution is 6.32. The highest BCUT2D eigenvalue weighted by atomic mass is 35.5. The van der Waals surface area contributed by atoms with E-state index in [1.807, 2.05) is 0 Å². The fourth-order valence-corrected chi connectivity index (χ4v) is 1.44. The van der Waals surface area contributed by atoms with Gasteiger partial charge in [-0.05, 0) is 19.1 Å². The van der Waals surface area contributed by atoms with Gasteiger partial charge in [0.15, 0.2) is 5.75 Å². The maximum Gasteiger partial charge on any atom is 0.161 e. The molecule has 6 heteroatoms. The van der Waals surface area contributed by atoms with Crippen LogP contribution in [-0.2, 0) is 6.61 Å². The molecule has 2 aromatic rings. The normalized spacial score (nSPS) is 10.4. The molecule has 2 rings (SSSR count). The summed E-state index contributed by atoms with van der Waals surface area (Å²) in [6.07, 6.45) is 0. The molecule has 2 N–H and O–H groups in total. The minimum absolute atomic E-state index is 0.225. The first-order chi connectivity index (χ1) is 7.68. The zero-order chi connectivity index (χ0) is 11.5. The number of nitrogens with two attached hydrogens (primary N) is 1. The Kier molecular flexibility index (Phi) is 2.96. The average Bonchev–Trinajstić information content (AvgIpc) is 2.64. The summed E-state index contributed by atoms with van der Waals surface area (Å²) in [4.78, 5) is 0. The van der Waals surface area contributed by atoms with Crippen LogP contribution in [0.15, 0.2) is 22.8 Å². The molecule has 1 heterocycles. The van der Waals surface area contributed by atoms with Crippen molar-refractivity contribution >= 4 is 17.3 Å². The standard InChI is InChI=1S/C10H10ClN3O2/c1-6-9(14-16-13-6)5-15-10-7(11)3-2-4-8(10)12/h2-4H,5,12H2,1H3. The van der Waals surface area contributed by atoms with Gasteiger partial charge < -0.3 is 10.5 Å². The Bertz CT molecular complexity index is 478. The molecule has 5 nitrogen and oxygen atoms in total. The van der Waals surface area contributed by atoms with Crippen molar-refractivity contribution < 1.29 is 9.37 Å². The molecule has 0 bridgehead atoms. The summed E-state index contributed by atoms with van der Waals surface area (Å²) >= 11 is 5.95. The zero-order valence-corrected chi connectivity index (χ0v) is 9.36. The van der Waals surface area contributed by atoms with Gasteiger partial charge in [-0.25, -0.2) is 4.63 Å². The molecule has 84 valence electrons. The smallest absolute Gasteiger partial charge is 0.161 e. The van der Waals surface area contributed by atoms with E-state index in [4.69, 9.17) is 22.1 Å². The molecule has 0 aliphatic rings. The van der Waals surface area contributed by atoms with Gasteiger partial charge in [0.05, 0.1) is 10.7 Å². The van der Waals surface area contributed by atoms with Crippen LogP contribution in [0.3, 0.4) is 0 Å². The molecule has 0 aliphatic carbocycles. The Balaban J connectivity index is 2.14. The molecule has 1 aromatic heterocycles. The van der Waals surface area contributed by atoms with Crippen LogP contribution in [0.5, 0.6) is 5.75 Å². The van der Waals surface area contributed by atoms with Gasteiger partial charge in [-0.1, -0.05) is 28.0 Å². The number of aryl methyl sites for hydroxylation is 1. The van der Waals surface area contributed by atoms with Crippen molar-refractivity contribution in [2.24, 2.45) is 0 Å². The zero-order valence-electron chi connectivity index (χ0n) is 8.61. The van der Waals surface area contributed by atoms with Crippen molar-refractivity contribution in [1.29, 1.82) is 0 Å². The summed E-state index contributed by atoms with van der Waals surface area (Å²) in [5, 5.41) is 7.81. The molecule has 0 saturated carbocycles. The van der Waals surface area contributed by atoms with Crippen molar-refractivity contribution in [3.63, 3.8) is 0 Å². The molecule has 0 amide bonds. The number of rotatable bonds is 3. The molecule has 0 radical (unpaired) electrons. The number of nitrogen functional groups attached to an aromatic ring is 1. The first kappa shape index (κ1) is 10.8. The van der Waals surface area contributed by atoms with Gasteiger partial charge >= 0.3 is 0 Å².